The Hall–Kier alpha value is -3.71. The zero-order valence-corrected chi connectivity index (χ0v) is 16.7. The molecule has 0 bridgehead atoms. The van der Waals surface area contributed by atoms with E-state index >= 15 is 0 Å². The Bertz CT molecular complexity index is 1160. The molecule has 0 saturated carbocycles. The maximum atomic E-state index is 12.5. The van der Waals surface area contributed by atoms with E-state index in [-0.39, 0.29) is 5.76 Å². The van der Waals surface area contributed by atoms with Gasteiger partial charge in [0.15, 0.2) is 5.76 Å². The fourth-order valence-corrected chi connectivity index (χ4v) is 3.01. The second-order valence-corrected chi connectivity index (χ2v) is 6.90. The molecule has 0 radical (unpaired) electrons. The lowest BCUT2D eigenvalue weighted by Crippen LogP contribution is -2.32. The number of benzene rings is 3. The van der Waals surface area contributed by atoms with Crippen LogP contribution in [0.25, 0.3) is 11.0 Å². The number of para-hydroxylation sites is 1. The van der Waals surface area contributed by atoms with Gasteiger partial charge in [0.05, 0.1) is 0 Å². The standard InChI is InChI=1S/C23H18N2O4S/c26-22(21-13-17-9-4-5-12-20(17)29-21)25(30)23(27)24-18-10-6-11-19(14-18)28-15-16-7-2-1-3-8-16/h1-14,30H,15H2,(H,24,27). The van der Waals surface area contributed by atoms with E-state index in [1.165, 1.54) is 0 Å². The quantitative estimate of drug-likeness (QED) is 0.418. The summed E-state index contributed by atoms with van der Waals surface area (Å²) in [5.74, 6) is -0.0456. The summed E-state index contributed by atoms with van der Waals surface area (Å²) in [5, 5.41) is 3.40. The number of nitrogens with zero attached hydrogens (tertiary/aromatic N) is 1. The minimum atomic E-state index is -0.705. The number of hydrogen-bond acceptors (Lipinski definition) is 5. The molecule has 3 aromatic carbocycles. The summed E-state index contributed by atoms with van der Waals surface area (Å²) in [4.78, 5) is 25.0. The van der Waals surface area contributed by atoms with Crippen molar-refractivity contribution in [1.82, 2.24) is 4.31 Å². The Morgan fingerprint density at radius 2 is 1.70 bits per heavy atom. The molecule has 1 aromatic heterocycles. The van der Waals surface area contributed by atoms with Crippen molar-refractivity contribution >= 4 is 41.4 Å². The highest BCUT2D eigenvalue weighted by molar-refractivity contribution is 7.79. The number of urea groups is 1. The molecule has 4 rings (SSSR count). The lowest BCUT2D eigenvalue weighted by molar-refractivity contribution is 0.0875. The van der Waals surface area contributed by atoms with Crippen LogP contribution in [0.4, 0.5) is 10.5 Å². The van der Waals surface area contributed by atoms with E-state index in [0.717, 1.165) is 10.9 Å². The summed E-state index contributed by atoms with van der Waals surface area (Å²) in [6.45, 7) is 0.404. The molecule has 150 valence electrons. The van der Waals surface area contributed by atoms with Crippen LogP contribution in [0.1, 0.15) is 16.1 Å². The van der Waals surface area contributed by atoms with E-state index in [1.54, 1.807) is 42.5 Å². The first-order chi connectivity index (χ1) is 14.6. The number of carbonyl (C=O) groups is 2. The number of amides is 3. The minimum Gasteiger partial charge on any atom is -0.489 e. The second kappa shape index (κ2) is 8.75. The van der Waals surface area contributed by atoms with Gasteiger partial charge in [-0.1, -0.05) is 67.4 Å². The minimum absolute atomic E-state index is 0.0290. The summed E-state index contributed by atoms with van der Waals surface area (Å²) in [5.41, 5.74) is 2.07. The third-order valence-electron chi connectivity index (χ3n) is 4.35. The first kappa shape index (κ1) is 19.6. The van der Waals surface area contributed by atoms with Gasteiger partial charge in [-0.3, -0.25) is 4.79 Å². The van der Waals surface area contributed by atoms with Gasteiger partial charge < -0.3 is 14.5 Å². The van der Waals surface area contributed by atoms with Crippen molar-refractivity contribution in [2.75, 3.05) is 5.32 Å². The van der Waals surface area contributed by atoms with Gasteiger partial charge in [0, 0.05) is 17.1 Å². The summed E-state index contributed by atoms with van der Waals surface area (Å²) >= 11 is 4.04. The first-order valence-electron chi connectivity index (χ1n) is 9.20. The number of furan rings is 1. The number of hydrogen-bond donors (Lipinski definition) is 2. The highest BCUT2D eigenvalue weighted by Crippen LogP contribution is 2.22. The van der Waals surface area contributed by atoms with Crippen molar-refractivity contribution in [3.63, 3.8) is 0 Å². The molecule has 0 fully saturated rings. The van der Waals surface area contributed by atoms with E-state index < -0.39 is 11.9 Å². The number of fused-ring (bicyclic) bond motifs is 1. The Labute approximate surface area is 178 Å². The molecule has 0 saturated heterocycles. The van der Waals surface area contributed by atoms with E-state index in [1.807, 2.05) is 42.5 Å². The van der Waals surface area contributed by atoms with Crippen LogP contribution in [-0.2, 0) is 6.61 Å². The van der Waals surface area contributed by atoms with Crippen LogP contribution in [0.3, 0.4) is 0 Å². The Morgan fingerprint density at radius 3 is 2.50 bits per heavy atom. The number of thiol groups is 1. The molecular formula is C23H18N2O4S. The van der Waals surface area contributed by atoms with Crippen molar-refractivity contribution < 1.29 is 18.7 Å². The zero-order valence-electron chi connectivity index (χ0n) is 15.8. The summed E-state index contributed by atoms with van der Waals surface area (Å²) in [6, 6.07) is 24.7. The molecule has 6 nitrogen and oxygen atoms in total. The number of imide groups is 1. The van der Waals surface area contributed by atoms with Gasteiger partial charge in [-0.15, -0.1) is 0 Å². The van der Waals surface area contributed by atoms with Gasteiger partial charge in [0.1, 0.15) is 17.9 Å². The van der Waals surface area contributed by atoms with Gasteiger partial charge in [-0.05, 0) is 29.8 Å². The molecule has 0 atom stereocenters. The highest BCUT2D eigenvalue weighted by atomic mass is 32.1. The van der Waals surface area contributed by atoms with Gasteiger partial charge in [-0.25, -0.2) is 9.10 Å². The van der Waals surface area contributed by atoms with E-state index in [4.69, 9.17) is 9.15 Å². The molecule has 0 aliphatic heterocycles. The van der Waals surface area contributed by atoms with Crippen LogP contribution in [0.2, 0.25) is 0 Å². The average molecular weight is 418 g/mol. The molecule has 1 heterocycles. The topological polar surface area (TPSA) is 71.8 Å². The third kappa shape index (κ3) is 4.47. The van der Waals surface area contributed by atoms with Crippen molar-refractivity contribution in [3.05, 3.63) is 96.3 Å². The third-order valence-corrected chi connectivity index (χ3v) is 4.72. The second-order valence-electron chi connectivity index (χ2n) is 6.50. The largest absolute Gasteiger partial charge is 0.489 e. The van der Waals surface area contributed by atoms with Crippen molar-refractivity contribution in [3.8, 4) is 5.75 Å². The maximum absolute atomic E-state index is 12.5. The lowest BCUT2D eigenvalue weighted by atomic mass is 10.2. The Balaban J connectivity index is 1.40. The molecule has 0 aliphatic rings. The number of anilines is 1. The van der Waals surface area contributed by atoms with Gasteiger partial charge in [-0.2, -0.15) is 0 Å². The van der Waals surface area contributed by atoms with Gasteiger partial charge >= 0.3 is 11.9 Å². The van der Waals surface area contributed by atoms with E-state index in [9.17, 15) is 9.59 Å². The number of nitrogens with one attached hydrogen (secondary N) is 1. The maximum Gasteiger partial charge on any atom is 0.339 e. The van der Waals surface area contributed by atoms with Crippen molar-refractivity contribution in [2.24, 2.45) is 0 Å². The molecule has 0 spiro atoms. The molecule has 7 heteroatoms. The summed E-state index contributed by atoms with van der Waals surface area (Å²) in [7, 11) is 0. The predicted molar refractivity (Wildman–Crippen MR) is 118 cm³/mol. The Morgan fingerprint density at radius 1 is 0.933 bits per heavy atom. The zero-order chi connectivity index (χ0) is 20.9. The summed E-state index contributed by atoms with van der Waals surface area (Å²) in [6.07, 6.45) is 0. The van der Waals surface area contributed by atoms with E-state index in [2.05, 4.69) is 18.1 Å². The molecule has 30 heavy (non-hydrogen) atoms. The lowest BCUT2D eigenvalue weighted by Gasteiger charge is -2.14. The van der Waals surface area contributed by atoms with Gasteiger partial charge in [0.25, 0.3) is 0 Å². The van der Waals surface area contributed by atoms with Crippen LogP contribution in [-0.4, -0.2) is 16.2 Å². The predicted octanol–water partition coefficient (Wildman–Crippen LogP) is 5.53. The first-order valence-corrected chi connectivity index (χ1v) is 9.60. The SMILES string of the molecule is O=C(Nc1cccc(OCc2ccccc2)c1)N(S)C(=O)c1cc2ccccc2o1. The fraction of sp³-hybridized carbons (Fsp3) is 0.0435. The van der Waals surface area contributed by atoms with Crippen LogP contribution in [0.5, 0.6) is 5.75 Å². The van der Waals surface area contributed by atoms with Crippen molar-refractivity contribution in [2.45, 2.75) is 6.61 Å². The molecule has 1 N–H and O–H groups in total. The Kier molecular flexibility index (Phi) is 5.72. The van der Waals surface area contributed by atoms with E-state index in [0.29, 0.717) is 27.9 Å². The van der Waals surface area contributed by atoms with Crippen LogP contribution >= 0.6 is 12.8 Å². The number of ether oxygens (including phenoxy) is 1. The average Bonchev–Trinajstić information content (AvgIpc) is 3.22. The molecular weight excluding hydrogens is 400 g/mol. The number of rotatable bonds is 5. The monoisotopic (exact) mass is 418 g/mol. The molecule has 0 aliphatic carbocycles. The summed E-state index contributed by atoms with van der Waals surface area (Å²) < 4.78 is 11.9. The van der Waals surface area contributed by atoms with Gasteiger partial charge in [0.2, 0.25) is 0 Å². The number of carbonyl (C=O) groups excluding carboxylic acids is 2. The fourth-order valence-electron chi connectivity index (χ4n) is 2.86. The normalized spacial score (nSPS) is 10.6. The highest BCUT2D eigenvalue weighted by Gasteiger charge is 2.23. The van der Waals surface area contributed by atoms with Crippen LogP contribution < -0.4 is 10.1 Å². The molecule has 3 amide bonds. The molecule has 4 aromatic rings. The van der Waals surface area contributed by atoms with Crippen LogP contribution in [0.15, 0.2) is 89.3 Å². The van der Waals surface area contributed by atoms with Crippen molar-refractivity contribution in [1.29, 1.82) is 0 Å². The molecule has 0 unspecified atom stereocenters. The smallest absolute Gasteiger partial charge is 0.339 e. The van der Waals surface area contributed by atoms with Crippen LogP contribution in [0, 0.1) is 0 Å².